The maximum absolute atomic E-state index is 11.6. The van der Waals surface area contributed by atoms with Crippen LogP contribution in [0.5, 0.6) is 11.5 Å². The molecule has 5 heteroatoms. The predicted octanol–water partition coefficient (Wildman–Crippen LogP) is 4.57. The molecular formula is C22H19NO4. The number of methoxy groups -OCH3 is 1. The molecule has 1 unspecified atom stereocenters. The highest BCUT2D eigenvalue weighted by atomic mass is 16.5. The first-order chi connectivity index (χ1) is 13.1. The smallest absolute Gasteiger partial charge is 0.227 e. The Hall–Kier alpha value is -3.34. The van der Waals surface area contributed by atoms with E-state index in [9.17, 15) is 4.79 Å². The molecule has 0 N–H and O–H groups in total. The molecule has 0 fully saturated rings. The van der Waals surface area contributed by atoms with Gasteiger partial charge in [-0.1, -0.05) is 25.1 Å². The number of ether oxygens (including phenoxy) is 2. The van der Waals surface area contributed by atoms with Gasteiger partial charge in [-0.15, -0.1) is 0 Å². The Kier molecular flexibility index (Phi) is 4.50. The first-order valence-corrected chi connectivity index (χ1v) is 8.73. The van der Waals surface area contributed by atoms with Gasteiger partial charge in [-0.05, 0) is 42.0 Å². The monoisotopic (exact) mass is 361 g/mol. The van der Waals surface area contributed by atoms with Crippen molar-refractivity contribution in [3.05, 3.63) is 72.1 Å². The number of rotatable bonds is 5. The third kappa shape index (κ3) is 3.62. The molecule has 1 aliphatic rings. The lowest BCUT2D eigenvalue weighted by atomic mass is 9.97. The fourth-order valence-electron chi connectivity index (χ4n) is 2.88. The Morgan fingerprint density at radius 1 is 1.07 bits per heavy atom. The minimum atomic E-state index is -0.164. The minimum Gasteiger partial charge on any atom is -0.497 e. The zero-order valence-corrected chi connectivity index (χ0v) is 15.1. The van der Waals surface area contributed by atoms with Gasteiger partial charge < -0.3 is 13.9 Å². The van der Waals surface area contributed by atoms with Crippen LogP contribution >= 0.6 is 0 Å². The summed E-state index contributed by atoms with van der Waals surface area (Å²) in [6, 6.07) is 13.3. The number of hydrogen-bond acceptors (Lipinski definition) is 5. The second kappa shape index (κ2) is 7.11. The van der Waals surface area contributed by atoms with E-state index in [1.165, 1.54) is 0 Å². The maximum atomic E-state index is 11.6. The number of nitrogens with zero attached hydrogens (tertiary/aromatic N) is 1. The molecule has 0 saturated carbocycles. The van der Waals surface area contributed by atoms with Gasteiger partial charge in [0.1, 0.15) is 23.6 Å². The molecule has 0 radical (unpaired) electrons. The van der Waals surface area contributed by atoms with Crippen LogP contribution in [0.3, 0.4) is 0 Å². The SMILES string of the molecule is COc1ccc(COc2ccc3oc(C4=CC(C)C(=O)C=C4)nc3c2)cc1. The average molecular weight is 361 g/mol. The fraction of sp³-hybridized carbons (Fsp3) is 0.182. The third-order valence-corrected chi connectivity index (χ3v) is 4.48. The highest BCUT2D eigenvalue weighted by Crippen LogP contribution is 2.28. The van der Waals surface area contributed by atoms with E-state index in [-0.39, 0.29) is 11.7 Å². The summed E-state index contributed by atoms with van der Waals surface area (Å²) in [5.41, 5.74) is 3.27. The van der Waals surface area contributed by atoms with Crippen molar-refractivity contribution in [1.29, 1.82) is 0 Å². The van der Waals surface area contributed by atoms with Crippen LogP contribution in [0.15, 0.2) is 65.1 Å². The second-order valence-corrected chi connectivity index (χ2v) is 6.43. The zero-order valence-electron chi connectivity index (χ0n) is 15.1. The topological polar surface area (TPSA) is 61.6 Å². The van der Waals surface area contributed by atoms with E-state index in [4.69, 9.17) is 13.9 Å². The van der Waals surface area contributed by atoms with Crippen LogP contribution < -0.4 is 9.47 Å². The molecule has 5 nitrogen and oxygen atoms in total. The summed E-state index contributed by atoms with van der Waals surface area (Å²) in [4.78, 5) is 16.1. The van der Waals surface area contributed by atoms with Crippen LogP contribution in [0, 0.1) is 5.92 Å². The van der Waals surface area contributed by atoms with Gasteiger partial charge in [0.15, 0.2) is 11.4 Å². The second-order valence-electron chi connectivity index (χ2n) is 6.43. The molecular weight excluding hydrogens is 342 g/mol. The minimum absolute atomic E-state index is 0.0871. The van der Waals surface area contributed by atoms with Crippen molar-refractivity contribution in [3.63, 3.8) is 0 Å². The van der Waals surface area contributed by atoms with Gasteiger partial charge in [0.25, 0.3) is 0 Å². The molecule has 4 rings (SSSR count). The summed E-state index contributed by atoms with van der Waals surface area (Å²) in [6.45, 7) is 2.31. The van der Waals surface area contributed by atoms with Crippen molar-refractivity contribution in [2.75, 3.05) is 7.11 Å². The summed E-state index contributed by atoms with van der Waals surface area (Å²) in [5.74, 6) is 1.97. The Morgan fingerprint density at radius 2 is 1.85 bits per heavy atom. The molecule has 0 bridgehead atoms. The van der Waals surface area contributed by atoms with Crippen molar-refractivity contribution in [3.8, 4) is 11.5 Å². The number of carbonyl (C=O) groups is 1. The number of ketones is 1. The largest absolute Gasteiger partial charge is 0.497 e. The van der Waals surface area contributed by atoms with E-state index in [2.05, 4.69) is 4.98 Å². The first kappa shape index (κ1) is 17.1. The highest BCUT2D eigenvalue weighted by molar-refractivity contribution is 5.99. The summed E-state index contributed by atoms with van der Waals surface area (Å²) in [7, 11) is 1.64. The molecule has 2 aromatic carbocycles. The summed E-state index contributed by atoms with van der Waals surface area (Å²) < 4.78 is 16.8. The van der Waals surface area contributed by atoms with Gasteiger partial charge >= 0.3 is 0 Å². The van der Waals surface area contributed by atoms with Crippen molar-refractivity contribution < 1.29 is 18.7 Å². The van der Waals surface area contributed by atoms with Crippen molar-refractivity contribution >= 4 is 22.5 Å². The molecule has 1 atom stereocenters. The molecule has 0 saturated heterocycles. The van der Waals surface area contributed by atoms with E-state index in [0.29, 0.717) is 18.1 Å². The third-order valence-electron chi connectivity index (χ3n) is 4.48. The molecule has 0 spiro atoms. The van der Waals surface area contributed by atoms with Gasteiger partial charge in [-0.2, -0.15) is 0 Å². The summed E-state index contributed by atoms with van der Waals surface area (Å²) in [6.07, 6.45) is 5.18. The standard InChI is InChI=1S/C22H19NO4/c1-14-11-16(5-9-20(14)24)22-23-19-12-18(8-10-21(19)27-22)26-13-15-3-6-17(25-2)7-4-15/h3-12,14H,13H2,1-2H3. The Bertz CT molecular complexity index is 1040. The quantitative estimate of drug-likeness (QED) is 0.666. The number of oxazole rings is 1. The van der Waals surface area contributed by atoms with E-state index >= 15 is 0 Å². The number of allylic oxidation sites excluding steroid dienone is 4. The van der Waals surface area contributed by atoms with Crippen LogP contribution in [0.1, 0.15) is 18.4 Å². The van der Waals surface area contributed by atoms with Gasteiger partial charge in [0.2, 0.25) is 5.89 Å². The van der Waals surface area contributed by atoms with Crippen molar-refractivity contribution in [2.24, 2.45) is 5.92 Å². The van der Waals surface area contributed by atoms with Crippen LogP contribution in [0.2, 0.25) is 0 Å². The predicted molar refractivity (Wildman–Crippen MR) is 103 cm³/mol. The van der Waals surface area contributed by atoms with Crippen LogP contribution in [-0.4, -0.2) is 17.9 Å². The van der Waals surface area contributed by atoms with Gasteiger partial charge in [-0.25, -0.2) is 4.98 Å². The number of aromatic nitrogens is 1. The number of benzene rings is 2. The van der Waals surface area contributed by atoms with Gasteiger partial charge in [-0.3, -0.25) is 4.79 Å². The summed E-state index contributed by atoms with van der Waals surface area (Å²) >= 11 is 0. The van der Waals surface area contributed by atoms with Gasteiger partial charge in [0.05, 0.1) is 7.11 Å². The van der Waals surface area contributed by atoms with Crippen molar-refractivity contribution in [2.45, 2.75) is 13.5 Å². The number of hydrogen-bond donors (Lipinski definition) is 0. The van der Waals surface area contributed by atoms with Crippen LogP contribution in [0.4, 0.5) is 0 Å². The van der Waals surface area contributed by atoms with E-state index in [1.54, 1.807) is 19.3 Å². The lowest BCUT2D eigenvalue weighted by molar-refractivity contribution is -0.116. The highest BCUT2D eigenvalue weighted by Gasteiger charge is 2.17. The van der Waals surface area contributed by atoms with E-state index in [1.807, 2.05) is 55.5 Å². The zero-order chi connectivity index (χ0) is 18.8. The molecule has 0 aliphatic heterocycles. The van der Waals surface area contributed by atoms with Crippen molar-refractivity contribution in [1.82, 2.24) is 4.98 Å². The van der Waals surface area contributed by atoms with Crippen LogP contribution in [0.25, 0.3) is 16.7 Å². The van der Waals surface area contributed by atoms with E-state index in [0.717, 1.165) is 28.2 Å². The maximum Gasteiger partial charge on any atom is 0.227 e. The first-order valence-electron chi connectivity index (χ1n) is 8.73. The number of carbonyl (C=O) groups excluding carboxylic acids is 1. The summed E-state index contributed by atoms with van der Waals surface area (Å²) in [5, 5.41) is 0. The van der Waals surface area contributed by atoms with Crippen LogP contribution in [-0.2, 0) is 11.4 Å². The molecule has 0 amide bonds. The molecule has 1 aromatic heterocycles. The Labute approximate surface area is 156 Å². The average Bonchev–Trinajstić information content (AvgIpc) is 3.12. The molecule has 3 aromatic rings. The lowest BCUT2D eigenvalue weighted by Gasteiger charge is -2.08. The number of fused-ring (bicyclic) bond motifs is 1. The normalized spacial score (nSPS) is 16.4. The molecule has 27 heavy (non-hydrogen) atoms. The Balaban J connectivity index is 1.51. The van der Waals surface area contributed by atoms with Gasteiger partial charge in [0, 0.05) is 17.6 Å². The molecule has 1 aliphatic carbocycles. The molecule has 1 heterocycles. The Morgan fingerprint density at radius 3 is 2.59 bits per heavy atom. The fourth-order valence-corrected chi connectivity index (χ4v) is 2.88. The molecule has 136 valence electrons. The van der Waals surface area contributed by atoms with E-state index < -0.39 is 0 Å². The lowest BCUT2D eigenvalue weighted by Crippen LogP contribution is -2.08.